The normalized spacial score (nSPS) is 16.0. The van der Waals surface area contributed by atoms with Gasteiger partial charge in [0.05, 0.1) is 12.7 Å². The van der Waals surface area contributed by atoms with E-state index in [0.717, 1.165) is 35.3 Å². The molecular weight excluding hydrogens is 422 g/mol. The van der Waals surface area contributed by atoms with Gasteiger partial charge in [-0.05, 0) is 66.8 Å². The van der Waals surface area contributed by atoms with Crippen LogP contribution in [-0.2, 0) is 22.4 Å². The Morgan fingerprint density at radius 1 is 1.30 bits per heavy atom. The molecule has 1 heterocycles. The quantitative estimate of drug-likeness (QED) is 0.597. The molecule has 1 atom stereocenters. The van der Waals surface area contributed by atoms with Crippen molar-refractivity contribution in [2.45, 2.75) is 47.0 Å². The number of carbonyl (C=O) groups excluding carboxylic acids is 2. The zero-order chi connectivity index (χ0) is 22.1. The number of ether oxygens (including phenoxy) is 2. The molecule has 0 unspecified atom stereocenters. The first kappa shape index (κ1) is 22.6. The number of methoxy groups -OCH3 is 1. The molecule has 1 aliphatic carbocycles. The summed E-state index contributed by atoms with van der Waals surface area (Å²) in [4.78, 5) is 26.2. The molecule has 0 fully saturated rings. The van der Waals surface area contributed by atoms with Crippen LogP contribution in [0, 0.1) is 18.3 Å². The van der Waals surface area contributed by atoms with E-state index in [0.29, 0.717) is 27.3 Å². The number of nitrogens with one attached hydrogen (secondary N) is 1. The predicted molar refractivity (Wildman–Crippen MR) is 121 cm³/mol. The Morgan fingerprint density at radius 2 is 2.03 bits per heavy atom. The van der Waals surface area contributed by atoms with Gasteiger partial charge in [-0.2, -0.15) is 0 Å². The van der Waals surface area contributed by atoms with Crippen LogP contribution in [0.25, 0.3) is 0 Å². The lowest BCUT2D eigenvalue weighted by Gasteiger charge is -2.33. The molecule has 0 saturated carbocycles. The number of fused-ring (bicyclic) bond motifs is 1. The molecular formula is C23H28ClNO4S. The number of rotatable bonds is 5. The Morgan fingerprint density at radius 3 is 2.67 bits per heavy atom. The average molecular weight is 450 g/mol. The summed E-state index contributed by atoms with van der Waals surface area (Å²) in [6.07, 6.45) is 2.74. The topological polar surface area (TPSA) is 64.6 Å². The van der Waals surface area contributed by atoms with E-state index >= 15 is 0 Å². The number of hydrogen-bond acceptors (Lipinski definition) is 5. The molecule has 2 aromatic rings. The Balaban J connectivity index is 1.77. The van der Waals surface area contributed by atoms with E-state index in [-0.39, 0.29) is 17.9 Å². The minimum absolute atomic E-state index is 0.156. The standard InChI is InChI=1S/C23H28ClNO4S/c1-13-10-15(24)7-9-17(13)29-12-19(26)25-21-20(22(27)28-5)16-8-6-14(23(2,3)4)11-18(16)30-21/h7,9-10,14H,6,8,11-12H2,1-5H3,(H,25,26)/t14-/m0/s1. The third-order valence-electron chi connectivity index (χ3n) is 5.63. The van der Waals surface area contributed by atoms with E-state index in [9.17, 15) is 9.59 Å². The molecule has 1 aliphatic rings. The second-order valence-electron chi connectivity index (χ2n) is 8.75. The van der Waals surface area contributed by atoms with Crippen LogP contribution in [0.2, 0.25) is 5.02 Å². The second kappa shape index (κ2) is 8.98. The lowest BCUT2D eigenvalue weighted by Crippen LogP contribution is -2.26. The van der Waals surface area contributed by atoms with Crippen LogP contribution in [0.15, 0.2) is 18.2 Å². The lowest BCUT2D eigenvalue weighted by molar-refractivity contribution is -0.118. The molecule has 0 aliphatic heterocycles. The van der Waals surface area contributed by atoms with Crippen molar-refractivity contribution in [2.75, 3.05) is 19.0 Å². The SMILES string of the molecule is COC(=O)c1c(NC(=O)COc2ccc(Cl)cc2C)sc2c1CC[C@H](C(C)(C)C)C2. The summed E-state index contributed by atoms with van der Waals surface area (Å²) in [6.45, 7) is 8.45. The fourth-order valence-corrected chi connectivity index (χ4v) is 5.37. The molecule has 0 bridgehead atoms. The molecule has 7 heteroatoms. The molecule has 1 aromatic heterocycles. The molecule has 1 aromatic carbocycles. The summed E-state index contributed by atoms with van der Waals surface area (Å²) >= 11 is 7.43. The average Bonchev–Trinajstić information content (AvgIpc) is 3.02. The van der Waals surface area contributed by atoms with Gasteiger partial charge in [-0.15, -0.1) is 11.3 Å². The predicted octanol–water partition coefficient (Wildman–Crippen LogP) is 5.67. The third kappa shape index (κ3) is 4.98. The first-order chi connectivity index (χ1) is 14.1. The largest absolute Gasteiger partial charge is 0.483 e. The summed E-state index contributed by atoms with van der Waals surface area (Å²) in [5.41, 5.74) is 2.55. The van der Waals surface area contributed by atoms with Crippen LogP contribution >= 0.6 is 22.9 Å². The van der Waals surface area contributed by atoms with Gasteiger partial charge in [0.15, 0.2) is 6.61 Å². The van der Waals surface area contributed by atoms with Crippen LogP contribution in [-0.4, -0.2) is 25.6 Å². The van der Waals surface area contributed by atoms with Gasteiger partial charge >= 0.3 is 5.97 Å². The number of benzene rings is 1. The van der Waals surface area contributed by atoms with Crippen LogP contribution in [0.1, 0.15) is 53.6 Å². The molecule has 5 nitrogen and oxygen atoms in total. The van der Waals surface area contributed by atoms with Gasteiger partial charge in [0.1, 0.15) is 10.8 Å². The zero-order valence-electron chi connectivity index (χ0n) is 18.1. The minimum Gasteiger partial charge on any atom is -0.483 e. The van der Waals surface area contributed by atoms with Crippen LogP contribution < -0.4 is 10.1 Å². The monoisotopic (exact) mass is 449 g/mol. The van der Waals surface area contributed by atoms with Gasteiger partial charge in [0.2, 0.25) is 0 Å². The Kier molecular flexibility index (Phi) is 6.78. The number of hydrogen-bond donors (Lipinski definition) is 1. The molecule has 1 N–H and O–H groups in total. The highest BCUT2D eigenvalue weighted by Gasteiger charge is 2.34. The highest BCUT2D eigenvalue weighted by Crippen LogP contribution is 2.44. The summed E-state index contributed by atoms with van der Waals surface area (Å²) in [5, 5.41) is 4.03. The Hall–Kier alpha value is -2.05. The van der Waals surface area contributed by atoms with E-state index in [1.807, 2.05) is 6.92 Å². The van der Waals surface area contributed by atoms with Gasteiger partial charge in [-0.25, -0.2) is 4.79 Å². The smallest absolute Gasteiger partial charge is 0.341 e. The number of aryl methyl sites for hydroxylation is 1. The maximum Gasteiger partial charge on any atom is 0.341 e. The summed E-state index contributed by atoms with van der Waals surface area (Å²) in [7, 11) is 1.37. The van der Waals surface area contributed by atoms with Gasteiger partial charge < -0.3 is 14.8 Å². The molecule has 162 valence electrons. The fourth-order valence-electron chi connectivity index (χ4n) is 3.81. The van der Waals surface area contributed by atoms with Crippen molar-refractivity contribution in [3.8, 4) is 5.75 Å². The van der Waals surface area contributed by atoms with Gasteiger partial charge in [0, 0.05) is 9.90 Å². The van der Waals surface area contributed by atoms with Crippen molar-refractivity contribution in [3.63, 3.8) is 0 Å². The number of esters is 1. The van der Waals surface area contributed by atoms with Gasteiger partial charge in [-0.1, -0.05) is 32.4 Å². The van der Waals surface area contributed by atoms with Gasteiger partial charge in [-0.3, -0.25) is 4.79 Å². The Labute approximate surface area is 186 Å². The molecule has 30 heavy (non-hydrogen) atoms. The van der Waals surface area contributed by atoms with E-state index < -0.39 is 5.97 Å². The summed E-state index contributed by atoms with van der Waals surface area (Å²) in [6, 6.07) is 5.24. The van der Waals surface area contributed by atoms with Crippen molar-refractivity contribution in [3.05, 3.63) is 44.8 Å². The van der Waals surface area contributed by atoms with Crippen molar-refractivity contribution >= 4 is 39.8 Å². The third-order valence-corrected chi connectivity index (χ3v) is 7.03. The fraction of sp³-hybridized carbons (Fsp3) is 0.478. The van der Waals surface area contributed by atoms with Crippen molar-refractivity contribution < 1.29 is 19.1 Å². The molecule has 0 saturated heterocycles. The number of halogens is 1. The van der Waals surface area contributed by atoms with Crippen molar-refractivity contribution in [2.24, 2.45) is 11.3 Å². The van der Waals surface area contributed by atoms with Crippen LogP contribution in [0.3, 0.4) is 0 Å². The minimum atomic E-state index is -0.411. The van der Waals surface area contributed by atoms with E-state index in [1.165, 1.54) is 18.4 Å². The summed E-state index contributed by atoms with van der Waals surface area (Å²) in [5.74, 6) is 0.405. The van der Waals surface area contributed by atoms with E-state index in [2.05, 4.69) is 26.1 Å². The van der Waals surface area contributed by atoms with Gasteiger partial charge in [0.25, 0.3) is 5.91 Å². The Bertz CT molecular complexity index is 961. The number of amides is 1. The van der Waals surface area contributed by atoms with Crippen molar-refractivity contribution in [1.82, 2.24) is 0 Å². The highest BCUT2D eigenvalue weighted by atomic mass is 35.5. The van der Waals surface area contributed by atoms with E-state index in [1.54, 1.807) is 18.2 Å². The van der Waals surface area contributed by atoms with Crippen LogP contribution in [0.5, 0.6) is 5.75 Å². The molecule has 1 amide bonds. The molecule has 0 radical (unpaired) electrons. The highest BCUT2D eigenvalue weighted by molar-refractivity contribution is 7.17. The maximum absolute atomic E-state index is 12.6. The molecule has 3 rings (SSSR count). The first-order valence-corrected chi connectivity index (χ1v) is 11.2. The second-order valence-corrected chi connectivity index (χ2v) is 10.3. The summed E-state index contributed by atoms with van der Waals surface area (Å²) < 4.78 is 10.6. The van der Waals surface area contributed by atoms with E-state index in [4.69, 9.17) is 21.1 Å². The van der Waals surface area contributed by atoms with Crippen LogP contribution in [0.4, 0.5) is 5.00 Å². The zero-order valence-corrected chi connectivity index (χ0v) is 19.6. The lowest BCUT2D eigenvalue weighted by atomic mass is 9.72. The number of carbonyl (C=O) groups is 2. The number of anilines is 1. The number of thiophene rings is 1. The molecule has 0 spiro atoms. The van der Waals surface area contributed by atoms with Crippen molar-refractivity contribution in [1.29, 1.82) is 0 Å². The first-order valence-electron chi connectivity index (χ1n) is 10.0. The maximum atomic E-state index is 12.6.